The standard InChI is InChI=1S/C29H22N6/c1-2-14-22(15-3-1)30-27-33-28(31-25-18-8-12-20-10-4-6-16-23(20)25)35-29(34-27)32-26-19-9-13-21-11-5-7-17-24(21)26/h1-19H,(H3,30,31,32,33,34,35). The third kappa shape index (κ3) is 4.45. The van der Waals surface area contributed by atoms with Crippen molar-refractivity contribution >= 4 is 56.5 Å². The van der Waals surface area contributed by atoms with Gasteiger partial charge in [0.15, 0.2) is 0 Å². The Labute approximate surface area is 202 Å². The molecule has 0 unspecified atom stereocenters. The maximum Gasteiger partial charge on any atom is 0.233 e. The molecule has 0 aliphatic carbocycles. The van der Waals surface area contributed by atoms with Crippen LogP contribution >= 0.6 is 0 Å². The lowest BCUT2D eigenvalue weighted by Crippen LogP contribution is -2.07. The molecule has 6 heteroatoms. The summed E-state index contributed by atoms with van der Waals surface area (Å²) in [6.07, 6.45) is 0. The number of nitrogens with one attached hydrogen (secondary N) is 3. The van der Waals surface area contributed by atoms with Crippen molar-refractivity contribution in [3.05, 3.63) is 115 Å². The summed E-state index contributed by atoms with van der Waals surface area (Å²) in [5.41, 5.74) is 2.75. The molecule has 168 valence electrons. The molecular weight excluding hydrogens is 432 g/mol. The summed E-state index contributed by atoms with van der Waals surface area (Å²) in [4.78, 5) is 14.0. The van der Waals surface area contributed by atoms with Gasteiger partial charge in [0, 0.05) is 27.8 Å². The first-order valence-electron chi connectivity index (χ1n) is 11.4. The third-order valence-electron chi connectivity index (χ3n) is 5.74. The van der Waals surface area contributed by atoms with E-state index in [9.17, 15) is 0 Å². The zero-order valence-electron chi connectivity index (χ0n) is 18.8. The average molecular weight is 455 g/mol. The van der Waals surface area contributed by atoms with Gasteiger partial charge in [-0.2, -0.15) is 15.0 Å². The van der Waals surface area contributed by atoms with Crippen molar-refractivity contribution in [3.63, 3.8) is 0 Å². The number of fused-ring (bicyclic) bond motifs is 2. The van der Waals surface area contributed by atoms with Crippen LogP contribution in [0.15, 0.2) is 115 Å². The molecule has 0 bridgehead atoms. The molecule has 0 amide bonds. The highest BCUT2D eigenvalue weighted by Crippen LogP contribution is 2.28. The number of hydrogen-bond acceptors (Lipinski definition) is 6. The second-order valence-electron chi connectivity index (χ2n) is 8.10. The first-order chi connectivity index (χ1) is 17.3. The zero-order valence-corrected chi connectivity index (χ0v) is 18.8. The molecule has 0 saturated carbocycles. The normalized spacial score (nSPS) is 10.9. The van der Waals surface area contributed by atoms with E-state index < -0.39 is 0 Å². The van der Waals surface area contributed by atoms with Gasteiger partial charge in [0.1, 0.15) is 0 Å². The Bertz CT molecular complexity index is 1520. The maximum absolute atomic E-state index is 4.69. The fraction of sp³-hybridized carbons (Fsp3) is 0. The van der Waals surface area contributed by atoms with Crippen LogP contribution in [-0.4, -0.2) is 15.0 Å². The minimum Gasteiger partial charge on any atom is -0.324 e. The monoisotopic (exact) mass is 454 g/mol. The third-order valence-corrected chi connectivity index (χ3v) is 5.74. The molecule has 0 atom stereocenters. The van der Waals surface area contributed by atoms with Crippen molar-refractivity contribution in [2.24, 2.45) is 0 Å². The largest absolute Gasteiger partial charge is 0.324 e. The SMILES string of the molecule is c1ccc(Nc2nc(Nc3cccc4ccccc34)nc(Nc3cccc4ccccc34)n2)cc1. The predicted octanol–water partition coefficient (Wildman–Crippen LogP) is 7.41. The van der Waals surface area contributed by atoms with Gasteiger partial charge in [-0.3, -0.25) is 0 Å². The van der Waals surface area contributed by atoms with Gasteiger partial charge in [-0.1, -0.05) is 91.0 Å². The highest BCUT2D eigenvalue weighted by molar-refractivity contribution is 5.96. The number of hydrogen-bond donors (Lipinski definition) is 3. The topological polar surface area (TPSA) is 74.8 Å². The highest BCUT2D eigenvalue weighted by atomic mass is 15.3. The Kier molecular flexibility index (Phi) is 5.37. The first-order valence-corrected chi connectivity index (χ1v) is 11.4. The molecule has 0 aliphatic rings. The van der Waals surface area contributed by atoms with Crippen molar-refractivity contribution in [1.82, 2.24) is 15.0 Å². The fourth-order valence-corrected chi connectivity index (χ4v) is 4.10. The van der Waals surface area contributed by atoms with Gasteiger partial charge < -0.3 is 16.0 Å². The lowest BCUT2D eigenvalue weighted by molar-refractivity contribution is 1.07. The minimum absolute atomic E-state index is 0.441. The van der Waals surface area contributed by atoms with Crippen LogP contribution in [0.25, 0.3) is 21.5 Å². The van der Waals surface area contributed by atoms with E-state index in [4.69, 9.17) is 4.98 Å². The second kappa shape index (κ2) is 9.11. The van der Waals surface area contributed by atoms with Gasteiger partial charge >= 0.3 is 0 Å². The molecule has 6 aromatic rings. The van der Waals surface area contributed by atoms with Crippen LogP contribution in [0, 0.1) is 0 Å². The van der Waals surface area contributed by atoms with Crippen LogP contribution in [0.1, 0.15) is 0 Å². The number of benzene rings is 5. The molecule has 0 fully saturated rings. The summed E-state index contributed by atoms with van der Waals surface area (Å²) >= 11 is 0. The van der Waals surface area contributed by atoms with Gasteiger partial charge in [-0.05, 0) is 35.0 Å². The Hall–Kier alpha value is -4.97. The van der Waals surface area contributed by atoms with Crippen LogP contribution in [0.5, 0.6) is 0 Å². The summed E-state index contributed by atoms with van der Waals surface area (Å²) in [6.45, 7) is 0. The van der Waals surface area contributed by atoms with Crippen molar-refractivity contribution in [2.75, 3.05) is 16.0 Å². The number of nitrogens with zero attached hydrogens (tertiary/aromatic N) is 3. The maximum atomic E-state index is 4.69. The summed E-state index contributed by atoms with van der Waals surface area (Å²) < 4.78 is 0. The molecular formula is C29H22N6. The van der Waals surface area contributed by atoms with Crippen molar-refractivity contribution in [3.8, 4) is 0 Å². The van der Waals surface area contributed by atoms with Crippen LogP contribution < -0.4 is 16.0 Å². The Morgan fingerprint density at radius 3 is 1.34 bits per heavy atom. The minimum atomic E-state index is 0.441. The van der Waals surface area contributed by atoms with E-state index in [0.29, 0.717) is 17.8 Å². The number of rotatable bonds is 6. The zero-order chi connectivity index (χ0) is 23.5. The molecule has 0 spiro atoms. The molecule has 6 rings (SSSR count). The van der Waals surface area contributed by atoms with Gasteiger partial charge in [-0.15, -0.1) is 0 Å². The average Bonchev–Trinajstić information content (AvgIpc) is 2.90. The first kappa shape index (κ1) is 20.6. The summed E-state index contributed by atoms with van der Waals surface area (Å²) in [5, 5.41) is 14.5. The lowest BCUT2D eigenvalue weighted by atomic mass is 10.1. The molecule has 0 aliphatic heterocycles. The molecule has 0 radical (unpaired) electrons. The summed E-state index contributed by atoms with van der Waals surface area (Å²) in [7, 11) is 0. The van der Waals surface area contributed by atoms with E-state index in [1.54, 1.807) is 0 Å². The van der Waals surface area contributed by atoms with E-state index in [2.05, 4.69) is 62.3 Å². The van der Waals surface area contributed by atoms with Crippen LogP contribution in [0.4, 0.5) is 34.9 Å². The highest BCUT2D eigenvalue weighted by Gasteiger charge is 2.11. The fourth-order valence-electron chi connectivity index (χ4n) is 4.10. The predicted molar refractivity (Wildman–Crippen MR) is 144 cm³/mol. The van der Waals surface area contributed by atoms with E-state index >= 15 is 0 Å². The van der Waals surface area contributed by atoms with Crippen LogP contribution in [0.2, 0.25) is 0 Å². The Balaban J connectivity index is 1.40. The molecule has 0 saturated heterocycles. The van der Waals surface area contributed by atoms with Crippen LogP contribution in [0.3, 0.4) is 0 Å². The van der Waals surface area contributed by atoms with Crippen LogP contribution in [-0.2, 0) is 0 Å². The quantitative estimate of drug-likeness (QED) is 0.243. The van der Waals surface area contributed by atoms with Gasteiger partial charge in [0.2, 0.25) is 17.8 Å². The Morgan fingerprint density at radius 1 is 0.371 bits per heavy atom. The second-order valence-corrected chi connectivity index (χ2v) is 8.10. The van der Waals surface area contributed by atoms with Gasteiger partial charge in [0.05, 0.1) is 0 Å². The number of para-hydroxylation sites is 1. The molecule has 6 nitrogen and oxygen atoms in total. The van der Waals surface area contributed by atoms with Gasteiger partial charge in [-0.25, -0.2) is 0 Å². The molecule has 5 aromatic carbocycles. The number of anilines is 6. The van der Waals surface area contributed by atoms with E-state index in [0.717, 1.165) is 38.6 Å². The smallest absolute Gasteiger partial charge is 0.233 e. The molecule has 1 heterocycles. The van der Waals surface area contributed by atoms with E-state index in [-0.39, 0.29) is 0 Å². The number of aromatic nitrogens is 3. The molecule has 3 N–H and O–H groups in total. The molecule has 1 aromatic heterocycles. The van der Waals surface area contributed by atoms with E-state index in [1.807, 2.05) is 78.9 Å². The lowest BCUT2D eigenvalue weighted by Gasteiger charge is -2.13. The summed E-state index contributed by atoms with van der Waals surface area (Å²) in [5.74, 6) is 1.33. The van der Waals surface area contributed by atoms with Crippen molar-refractivity contribution in [2.45, 2.75) is 0 Å². The van der Waals surface area contributed by atoms with Gasteiger partial charge in [0.25, 0.3) is 0 Å². The van der Waals surface area contributed by atoms with Crippen molar-refractivity contribution in [1.29, 1.82) is 0 Å². The van der Waals surface area contributed by atoms with Crippen molar-refractivity contribution < 1.29 is 0 Å². The molecule has 35 heavy (non-hydrogen) atoms. The Morgan fingerprint density at radius 2 is 0.800 bits per heavy atom. The summed E-state index contributed by atoms with van der Waals surface area (Å²) in [6, 6.07) is 38.5. The van der Waals surface area contributed by atoms with E-state index in [1.165, 1.54) is 0 Å².